The summed E-state index contributed by atoms with van der Waals surface area (Å²) in [5, 5.41) is 0. The zero-order chi connectivity index (χ0) is 18.3. The summed E-state index contributed by atoms with van der Waals surface area (Å²) >= 11 is -2.34. The second-order valence-electron chi connectivity index (χ2n) is 7.60. The van der Waals surface area contributed by atoms with E-state index in [4.69, 9.17) is 11.2 Å². The summed E-state index contributed by atoms with van der Waals surface area (Å²) in [7, 11) is 0. The van der Waals surface area contributed by atoms with Gasteiger partial charge in [0.1, 0.15) is 0 Å². The maximum absolute atomic E-state index is 6.56. The van der Waals surface area contributed by atoms with Gasteiger partial charge in [-0.05, 0) is 0 Å². The van der Waals surface area contributed by atoms with Gasteiger partial charge in [0.25, 0.3) is 0 Å². The number of rotatable bonds is 16. The van der Waals surface area contributed by atoms with E-state index in [0.29, 0.717) is 4.12 Å². The zero-order valence-corrected chi connectivity index (χ0v) is 20.2. The molecule has 2 heteroatoms. The molecule has 0 aliphatic carbocycles. The van der Waals surface area contributed by atoms with Gasteiger partial charge >= 0.3 is 158 Å². The molecule has 0 rings (SSSR count). The molecule has 0 bridgehead atoms. The molecule has 0 unspecified atom stereocenters. The second-order valence-corrected chi connectivity index (χ2v) is 21.5. The maximum atomic E-state index is 6.56. The van der Waals surface area contributed by atoms with E-state index < -0.39 is 18.4 Å². The molecule has 0 saturated carbocycles. The van der Waals surface area contributed by atoms with Crippen molar-refractivity contribution in [1.29, 1.82) is 0 Å². The van der Waals surface area contributed by atoms with Crippen LogP contribution in [0.5, 0.6) is 0 Å². The first-order chi connectivity index (χ1) is 11.6. The third-order valence-corrected chi connectivity index (χ3v) is 22.1. The molecule has 0 N–H and O–H groups in total. The van der Waals surface area contributed by atoms with Crippen molar-refractivity contribution in [3.8, 4) is 12.3 Å². The van der Waals surface area contributed by atoms with E-state index in [0.717, 1.165) is 0 Å². The average Bonchev–Trinajstić information content (AvgIpc) is 2.60. The van der Waals surface area contributed by atoms with E-state index in [-0.39, 0.29) is 6.10 Å². The Morgan fingerprint density at radius 1 is 0.792 bits per heavy atom. The van der Waals surface area contributed by atoms with Crippen LogP contribution in [0.1, 0.15) is 98.8 Å². The monoisotopic (exact) mass is 444 g/mol. The van der Waals surface area contributed by atoms with Crippen molar-refractivity contribution in [3.05, 3.63) is 0 Å². The van der Waals surface area contributed by atoms with E-state index in [9.17, 15) is 0 Å². The second kappa shape index (κ2) is 15.6. The van der Waals surface area contributed by atoms with Gasteiger partial charge in [-0.25, -0.2) is 0 Å². The Morgan fingerprint density at radius 3 is 1.62 bits per heavy atom. The molecule has 0 aromatic carbocycles. The Hall–Kier alpha value is 0.319. The molecule has 2 atom stereocenters. The van der Waals surface area contributed by atoms with Crippen LogP contribution in [0.2, 0.25) is 13.3 Å². The number of terminal acetylenes is 1. The predicted molar refractivity (Wildman–Crippen MR) is 112 cm³/mol. The summed E-state index contributed by atoms with van der Waals surface area (Å²) in [5.41, 5.74) is 0. The summed E-state index contributed by atoms with van der Waals surface area (Å²) < 4.78 is 11.6. The van der Waals surface area contributed by atoms with E-state index >= 15 is 0 Å². The van der Waals surface area contributed by atoms with Crippen molar-refractivity contribution in [1.82, 2.24) is 0 Å². The van der Waals surface area contributed by atoms with Gasteiger partial charge < -0.3 is 0 Å². The van der Waals surface area contributed by atoms with Crippen LogP contribution in [0.3, 0.4) is 0 Å². The normalized spacial score (nSPS) is 14.3. The van der Waals surface area contributed by atoms with E-state index in [2.05, 4.69) is 40.5 Å². The minimum atomic E-state index is -2.34. The quantitative estimate of drug-likeness (QED) is 0.138. The topological polar surface area (TPSA) is 9.23 Å². The fraction of sp³-hybridized carbons (Fsp3) is 0.909. The third kappa shape index (κ3) is 9.71. The van der Waals surface area contributed by atoms with Crippen molar-refractivity contribution in [2.75, 3.05) is 0 Å². The summed E-state index contributed by atoms with van der Waals surface area (Å²) in [4.78, 5) is 0. The minimum absolute atomic E-state index is 0.0161. The Kier molecular flexibility index (Phi) is 15.8. The van der Waals surface area contributed by atoms with E-state index in [1.165, 1.54) is 77.5 Å². The first kappa shape index (κ1) is 24.3. The summed E-state index contributed by atoms with van der Waals surface area (Å²) in [6, 6.07) is 0. The van der Waals surface area contributed by atoms with Crippen LogP contribution in [0.25, 0.3) is 0 Å². The molecule has 0 spiro atoms. The zero-order valence-electron chi connectivity index (χ0n) is 17.3. The number of unbranched alkanes of at least 4 members (excludes halogenated alkanes) is 5. The molecular formula is C22H44OSn. The van der Waals surface area contributed by atoms with Crippen LogP contribution in [0.15, 0.2) is 0 Å². The molecule has 142 valence electrons. The number of hydrogen-bond acceptors (Lipinski definition) is 1. The summed E-state index contributed by atoms with van der Waals surface area (Å²) in [6.45, 7) is 11.4. The van der Waals surface area contributed by atoms with Gasteiger partial charge in [-0.1, -0.05) is 0 Å². The molecule has 0 aromatic rings. The first-order valence-electron chi connectivity index (χ1n) is 10.7. The molecule has 0 fully saturated rings. The molecule has 0 radical (unpaired) electrons. The van der Waals surface area contributed by atoms with Crippen LogP contribution >= 0.6 is 0 Å². The van der Waals surface area contributed by atoms with Crippen molar-refractivity contribution in [2.24, 2.45) is 0 Å². The summed E-state index contributed by atoms with van der Waals surface area (Å²) in [5.74, 6) is 2.84. The Bertz CT molecular complexity index is 299. The number of ether oxygens (including phenoxy) is 1. The van der Waals surface area contributed by atoms with Crippen LogP contribution in [0, 0.1) is 12.3 Å². The van der Waals surface area contributed by atoms with Crippen LogP contribution in [0.4, 0.5) is 0 Å². The van der Waals surface area contributed by atoms with Crippen molar-refractivity contribution >= 4 is 18.4 Å². The van der Waals surface area contributed by atoms with Gasteiger partial charge in [0.15, 0.2) is 0 Å². The Balaban J connectivity index is 5.36. The van der Waals surface area contributed by atoms with Gasteiger partial charge in [-0.15, -0.1) is 0 Å². The summed E-state index contributed by atoms with van der Waals surface area (Å²) in [6.07, 6.45) is 19.0. The third-order valence-electron chi connectivity index (χ3n) is 5.44. The fourth-order valence-corrected chi connectivity index (χ4v) is 21.5. The average molecular weight is 443 g/mol. The van der Waals surface area contributed by atoms with Gasteiger partial charge in [0.05, 0.1) is 0 Å². The standard InChI is InChI=1S/C10H17O.3C4H9.Sn/c1-4-6-7-8-9-11-10(3)5-2;3*1-3-4-2;/h2,9-10H,4,6-8H2,1,3H3;3*1,3-4H2,2H3;/t10-;;;;/m0..../s1. The Morgan fingerprint density at radius 2 is 1.25 bits per heavy atom. The fourth-order valence-electron chi connectivity index (χ4n) is 3.83. The van der Waals surface area contributed by atoms with Crippen LogP contribution < -0.4 is 0 Å². The Labute approximate surface area is 157 Å². The van der Waals surface area contributed by atoms with Crippen molar-refractivity contribution in [3.63, 3.8) is 0 Å². The van der Waals surface area contributed by atoms with Crippen molar-refractivity contribution in [2.45, 2.75) is 122 Å². The molecule has 0 aromatic heterocycles. The molecule has 0 aliphatic rings. The molecule has 24 heavy (non-hydrogen) atoms. The SMILES string of the molecule is C#C[C@H](C)O[C@@H](CCCCC)[Sn]([CH2]CCC)([CH2]CCC)[CH2]CCC. The van der Waals surface area contributed by atoms with Gasteiger partial charge in [0, 0.05) is 0 Å². The predicted octanol–water partition coefficient (Wildman–Crippen LogP) is 7.36. The van der Waals surface area contributed by atoms with Gasteiger partial charge in [-0.2, -0.15) is 0 Å². The molecular weight excluding hydrogens is 399 g/mol. The molecule has 0 amide bonds. The molecule has 1 nitrogen and oxygen atoms in total. The van der Waals surface area contributed by atoms with Gasteiger partial charge in [0.2, 0.25) is 0 Å². The molecule has 0 saturated heterocycles. The first-order valence-corrected chi connectivity index (χ1v) is 18.4. The number of hydrogen-bond donors (Lipinski definition) is 0. The van der Waals surface area contributed by atoms with Gasteiger partial charge in [-0.3, -0.25) is 0 Å². The van der Waals surface area contributed by atoms with Crippen molar-refractivity contribution < 1.29 is 4.74 Å². The molecule has 0 aliphatic heterocycles. The van der Waals surface area contributed by atoms with E-state index in [1.807, 2.05) is 0 Å². The molecule has 0 heterocycles. The van der Waals surface area contributed by atoms with Crippen LogP contribution in [-0.4, -0.2) is 28.6 Å². The van der Waals surface area contributed by atoms with E-state index in [1.54, 1.807) is 0 Å². The van der Waals surface area contributed by atoms with Crippen LogP contribution in [-0.2, 0) is 4.74 Å².